The number of nitrogens with zero attached hydrogens (tertiary/aromatic N) is 4. The molecule has 5 heterocycles. The van der Waals surface area contributed by atoms with Crippen molar-refractivity contribution in [1.29, 1.82) is 0 Å². The third kappa shape index (κ3) is 2.38. The van der Waals surface area contributed by atoms with Crippen LogP contribution >= 0.6 is 11.3 Å². The Bertz CT molecular complexity index is 1010. The van der Waals surface area contributed by atoms with Crippen LogP contribution in [0.15, 0.2) is 36.7 Å². The van der Waals surface area contributed by atoms with Crippen molar-refractivity contribution in [1.82, 2.24) is 25.2 Å². The first kappa shape index (κ1) is 15.8. The van der Waals surface area contributed by atoms with E-state index in [1.54, 1.807) is 22.2 Å². The van der Waals surface area contributed by atoms with Crippen LogP contribution < -0.4 is 5.32 Å². The molecule has 1 saturated carbocycles. The van der Waals surface area contributed by atoms with E-state index in [2.05, 4.69) is 32.7 Å². The van der Waals surface area contributed by atoms with Gasteiger partial charge in [0.05, 0.1) is 29.0 Å². The van der Waals surface area contributed by atoms with Gasteiger partial charge in [-0.15, -0.1) is 16.4 Å². The Morgan fingerprint density at radius 1 is 1.22 bits per heavy atom. The largest absolute Gasteiger partial charge is 0.346 e. The van der Waals surface area contributed by atoms with Crippen LogP contribution in [0.4, 0.5) is 0 Å². The van der Waals surface area contributed by atoms with Gasteiger partial charge in [0.2, 0.25) is 0 Å². The molecular weight excluding hydrogens is 358 g/mol. The van der Waals surface area contributed by atoms with E-state index in [9.17, 15) is 4.79 Å². The van der Waals surface area contributed by atoms with Crippen LogP contribution in [0.5, 0.6) is 0 Å². The average Bonchev–Trinajstić information content (AvgIpc) is 3.11. The zero-order chi connectivity index (χ0) is 18.0. The Morgan fingerprint density at radius 2 is 2.07 bits per heavy atom. The molecule has 6 nitrogen and oxygen atoms in total. The lowest BCUT2D eigenvalue weighted by molar-refractivity contribution is -0.00138. The maximum Gasteiger partial charge on any atom is 0.261 e. The number of rotatable bonds is 3. The highest BCUT2D eigenvalue weighted by atomic mass is 32.1. The molecule has 1 unspecified atom stereocenters. The number of thiophene rings is 1. The molecule has 3 aromatic rings. The summed E-state index contributed by atoms with van der Waals surface area (Å²) in [5.41, 5.74) is 1.23. The molecule has 1 aromatic carbocycles. The van der Waals surface area contributed by atoms with Gasteiger partial charge in [-0.25, -0.2) is 4.68 Å². The summed E-state index contributed by atoms with van der Waals surface area (Å²) in [7, 11) is 0. The van der Waals surface area contributed by atoms with Gasteiger partial charge in [-0.1, -0.05) is 11.3 Å². The maximum atomic E-state index is 13.0. The molecule has 1 amide bonds. The summed E-state index contributed by atoms with van der Waals surface area (Å²) in [5.74, 6) is 0.735. The van der Waals surface area contributed by atoms with Crippen LogP contribution in [0, 0.1) is 5.92 Å². The van der Waals surface area contributed by atoms with E-state index in [-0.39, 0.29) is 11.4 Å². The highest BCUT2D eigenvalue weighted by Gasteiger charge is 2.60. The van der Waals surface area contributed by atoms with E-state index >= 15 is 0 Å². The van der Waals surface area contributed by atoms with Gasteiger partial charge in [0.25, 0.3) is 5.91 Å². The van der Waals surface area contributed by atoms with Crippen molar-refractivity contribution in [3.63, 3.8) is 0 Å². The second-order valence-corrected chi connectivity index (χ2v) is 9.14. The highest BCUT2D eigenvalue weighted by molar-refractivity contribution is 7.20. The first-order valence-electron chi connectivity index (χ1n) is 9.69. The van der Waals surface area contributed by atoms with Crippen LogP contribution in [-0.2, 0) is 0 Å². The number of hydrogen-bond donors (Lipinski definition) is 1. The van der Waals surface area contributed by atoms with Crippen LogP contribution in [0.25, 0.3) is 15.8 Å². The summed E-state index contributed by atoms with van der Waals surface area (Å²) in [4.78, 5) is 16.5. The normalized spacial score (nSPS) is 27.9. The number of benzene rings is 1. The highest BCUT2D eigenvalue weighted by Crippen LogP contribution is 2.53. The van der Waals surface area contributed by atoms with E-state index in [0.717, 1.165) is 20.7 Å². The Morgan fingerprint density at radius 3 is 2.81 bits per heavy atom. The van der Waals surface area contributed by atoms with Crippen molar-refractivity contribution in [3.8, 4) is 5.69 Å². The first-order chi connectivity index (χ1) is 13.2. The lowest BCUT2D eigenvalue weighted by Gasteiger charge is -2.52. The van der Waals surface area contributed by atoms with Crippen LogP contribution in [0.2, 0.25) is 0 Å². The van der Waals surface area contributed by atoms with Gasteiger partial charge in [-0.05, 0) is 68.3 Å². The van der Waals surface area contributed by atoms with Crippen molar-refractivity contribution in [2.24, 2.45) is 5.92 Å². The lowest BCUT2D eigenvalue weighted by atomic mass is 9.77. The molecule has 4 aliphatic rings. The van der Waals surface area contributed by atoms with E-state index in [0.29, 0.717) is 12.0 Å². The maximum absolute atomic E-state index is 13.0. The van der Waals surface area contributed by atoms with Gasteiger partial charge in [-0.3, -0.25) is 9.69 Å². The summed E-state index contributed by atoms with van der Waals surface area (Å²) in [6, 6.07) is 8.47. The zero-order valence-electron chi connectivity index (χ0n) is 15.0. The van der Waals surface area contributed by atoms with Gasteiger partial charge in [0, 0.05) is 10.2 Å². The predicted molar refractivity (Wildman–Crippen MR) is 104 cm³/mol. The Kier molecular flexibility index (Phi) is 3.29. The summed E-state index contributed by atoms with van der Waals surface area (Å²) in [6.45, 7) is 2.43. The van der Waals surface area contributed by atoms with E-state index in [1.807, 2.05) is 18.3 Å². The number of carbonyl (C=O) groups is 1. The minimum atomic E-state index is 0.0866. The number of hydrogen-bond acceptors (Lipinski definition) is 5. The number of piperidine rings is 3. The topological polar surface area (TPSA) is 63.1 Å². The number of amides is 1. The molecule has 138 valence electrons. The minimum absolute atomic E-state index is 0.0866. The third-order valence-corrected chi connectivity index (χ3v) is 7.78. The predicted octanol–water partition coefficient (Wildman–Crippen LogP) is 2.84. The Balaban J connectivity index is 1.28. The first-order valence-corrected chi connectivity index (χ1v) is 10.5. The zero-order valence-corrected chi connectivity index (χ0v) is 15.8. The van der Waals surface area contributed by atoms with Crippen LogP contribution in [0.1, 0.15) is 35.4 Å². The molecule has 0 radical (unpaired) electrons. The molecule has 27 heavy (non-hydrogen) atoms. The Hall–Kier alpha value is -2.25. The number of fused-ring (bicyclic) bond motifs is 3. The second-order valence-electron chi connectivity index (χ2n) is 8.06. The summed E-state index contributed by atoms with van der Waals surface area (Å²) < 4.78 is 2.84. The number of nitrogens with one attached hydrogen (secondary N) is 1. The van der Waals surface area contributed by atoms with E-state index in [1.165, 1.54) is 38.8 Å². The summed E-state index contributed by atoms with van der Waals surface area (Å²) in [6.07, 6.45) is 8.41. The van der Waals surface area contributed by atoms with Crippen molar-refractivity contribution < 1.29 is 4.79 Å². The fraction of sp³-hybridized carbons (Fsp3) is 0.450. The van der Waals surface area contributed by atoms with Crippen molar-refractivity contribution in [2.75, 3.05) is 13.1 Å². The average molecular weight is 379 g/mol. The smallest absolute Gasteiger partial charge is 0.261 e. The molecule has 3 aliphatic heterocycles. The summed E-state index contributed by atoms with van der Waals surface area (Å²) in [5, 5.41) is 12.4. The standard InChI is InChI=1S/C20H21N5OS/c26-19(22-18-13-3-8-24(9-4-13)20(18)5-6-20)17-11-14-1-2-15(12-16(14)27-17)25-10-7-21-23-25/h1-2,7,10-13,18H,3-6,8-9H2,(H,22,26). The molecule has 1 N–H and O–H groups in total. The molecular formula is C20H21N5OS. The quantitative estimate of drug-likeness (QED) is 0.760. The monoisotopic (exact) mass is 379 g/mol. The molecule has 1 aliphatic carbocycles. The van der Waals surface area contributed by atoms with Crippen molar-refractivity contribution in [3.05, 3.63) is 41.5 Å². The van der Waals surface area contributed by atoms with Gasteiger partial charge in [-0.2, -0.15) is 0 Å². The SMILES string of the molecule is O=C(NC1C2CCN(CC2)C12CC2)c1cc2ccc(-n3ccnn3)cc2s1. The minimum Gasteiger partial charge on any atom is -0.346 e. The summed E-state index contributed by atoms with van der Waals surface area (Å²) >= 11 is 1.56. The van der Waals surface area contributed by atoms with Crippen LogP contribution in [-0.4, -0.2) is 50.5 Å². The number of aromatic nitrogens is 3. The molecule has 7 heteroatoms. The van der Waals surface area contributed by atoms with Crippen molar-refractivity contribution >= 4 is 27.3 Å². The fourth-order valence-corrected chi connectivity index (χ4v) is 6.15. The number of carbonyl (C=O) groups excluding carboxylic acids is 1. The molecule has 4 fully saturated rings. The lowest BCUT2D eigenvalue weighted by Crippen LogP contribution is -2.65. The van der Waals surface area contributed by atoms with Crippen molar-refractivity contribution in [2.45, 2.75) is 37.3 Å². The van der Waals surface area contributed by atoms with Gasteiger partial charge >= 0.3 is 0 Å². The molecule has 3 saturated heterocycles. The molecule has 2 aromatic heterocycles. The third-order valence-electron chi connectivity index (χ3n) is 6.68. The molecule has 1 spiro atoms. The molecule has 1 atom stereocenters. The Labute approximate surface area is 161 Å². The van der Waals surface area contributed by atoms with E-state index < -0.39 is 0 Å². The molecule has 2 bridgehead atoms. The van der Waals surface area contributed by atoms with E-state index in [4.69, 9.17) is 0 Å². The second kappa shape index (κ2) is 5.62. The molecule has 7 rings (SSSR count). The van der Waals surface area contributed by atoms with Gasteiger partial charge in [0.15, 0.2) is 0 Å². The fourth-order valence-electron chi connectivity index (χ4n) is 5.15. The van der Waals surface area contributed by atoms with Gasteiger partial charge in [0.1, 0.15) is 0 Å². The van der Waals surface area contributed by atoms with Gasteiger partial charge < -0.3 is 5.32 Å². The van der Waals surface area contributed by atoms with Crippen LogP contribution in [0.3, 0.4) is 0 Å².